The van der Waals surface area contributed by atoms with Crippen LogP contribution in [0.4, 0.5) is 5.82 Å². The van der Waals surface area contributed by atoms with Crippen molar-refractivity contribution in [2.75, 3.05) is 12.4 Å². The van der Waals surface area contributed by atoms with E-state index < -0.39 is 0 Å². The number of aromatic amines is 1. The zero-order valence-corrected chi connectivity index (χ0v) is 11.8. The lowest BCUT2D eigenvalue weighted by Crippen LogP contribution is -2.23. The van der Waals surface area contributed by atoms with E-state index in [1.54, 1.807) is 12.1 Å². The quantitative estimate of drug-likeness (QED) is 0.826. The van der Waals surface area contributed by atoms with Gasteiger partial charge in [-0.1, -0.05) is 12.1 Å². The number of rotatable bonds is 2. The fraction of sp³-hybridized carbons (Fsp3) is 0.267. The molecule has 0 radical (unpaired) electrons. The van der Waals surface area contributed by atoms with Crippen LogP contribution in [-0.2, 0) is 9.53 Å². The van der Waals surface area contributed by atoms with E-state index in [2.05, 4.69) is 20.3 Å². The van der Waals surface area contributed by atoms with E-state index in [4.69, 9.17) is 0 Å². The summed E-state index contributed by atoms with van der Waals surface area (Å²) in [5.41, 5.74) is 3.40. The molecule has 1 aliphatic heterocycles. The summed E-state index contributed by atoms with van der Waals surface area (Å²) in [6, 6.07) is 7.13. The highest BCUT2D eigenvalue weighted by atomic mass is 16.5. The van der Waals surface area contributed by atoms with Crippen LogP contribution in [0.2, 0.25) is 0 Å². The van der Waals surface area contributed by atoms with Gasteiger partial charge < -0.3 is 10.1 Å². The molecule has 1 atom stereocenters. The number of nitrogens with one attached hydrogen (secondary N) is 2. The highest BCUT2D eigenvalue weighted by Gasteiger charge is 2.30. The average molecular weight is 285 g/mol. The molecule has 2 heterocycles. The molecule has 1 aliphatic rings. The van der Waals surface area contributed by atoms with E-state index in [1.165, 1.54) is 7.11 Å². The first-order chi connectivity index (χ1) is 10.1. The Kier molecular flexibility index (Phi) is 3.21. The van der Waals surface area contributed by atoms with Crippen LogP contribution in [0, 0.1) is 6.92 Å². The van der Waals surface area contributed by atoms with Crippen molar-refractivity contribution in [2.45, 2.75) is 19.3 Å². The molecule has 0 saturated carbocycles. The topological polar surface area (TPSA) is 84.1 Å². The van der Waals surface area contributed by atoms with E-state index in [9.17, 15) is 9.59 Å². The van der Waals surface area contributed by atoms with Gasteiger partial charge in [0.15, 0.2) is 5.82 Å². The maximum Gasteiger partial charge on any atom is 0.337 e. The predicted octanol–water partition coefficient (Wildman–Crippen LogP) is 1.98. The maximum atomic E-state index is 11.8. The van der Waals surface area contributed by atoms with Gasteiger partial charge in [-0.15, -0.1) is 0 Å². The maximum absolute atomic E-state index is 11.8. The van der Waals surface area contributed by atoms with Crippen molar-refractivity contribution in [3.63, 3.8) is 0 Å². The van der Waals surface area contributed by atoms with E-state index in [1.807, 2.05) is 19.1 Å². The van der Waals surface area contributed by atoms with Crippen molar-refractivity contribution in [1.82, 2.24) is 10.2 Å². The van der Waals surface area contributed by atoms with Crippen molar-refractivity contribution in [2.24, 2.45) is 0 Å². The fourth-order valence-corrected chi connectivity index (χ4v) is 2.68. The van der Waals surface area contributed by atoms with Crippen molar-refractivity contribution >= 4 is 17.7 Å². The van der Waals surface area contributed by atoms with Crippen molar-refractivity contribution < 1.29 is 14.3 Å². The van der Waals surface area contributed by atoms with Gasteiger partial charge in [0, 0.05) is 23.6 Å². The van der Waals surface area contributed by atoms with Gasteiger partial charge in [-0.3, -0.25) is 9.89 Å². The van der Waals surface area contributed by atoms with Crippen LogP contribution in [0.1, 0.15) is 39.5 Å². The Hall–Kier alpha value is -2.63. The molecule has 1 aromatic heterocycles. The van der Waals surface area contributed by atoms with Crippen LogP contribution in [-0.4, -0.2) is 29.2 Å². The predicted molar refractivity (Wildman–Crippen MR) is 76.2 cm³/mol. The van der Waals surface area contributed by atoms with Crippen LogP contribution in [0.3, 0.4) is 0 Å². The lowest BCUT2D eigenvalue weighted by atomic mass is 9.85. The molecule has 1 amide bonds. The number of fused-ring (bicyclic) bond motifs is 1. The number of H-pyrrole nitrogens is 1. The van der Waals surface area contributed by atoms with Crippen LogP contribution in [0.25, 0.3) is 0 Å². The van der Waals surface area contributed by atoms with Crippen LogP contribution >= 0.6 is 0 Å². The standard InChI is InChI=1S/C15H15N3O3/c1-8-13-11(7-12(19)16-14(13)18-17-8)9-3-5-10(6-4-9)15(20)21-2/h3-6,11H,7H2,1-2H3,(H2,16,17,18,19)/t11-/m0/s1. The Balaban J connectivity index is 1.98. The zero-order valence-electron chi connectivity index (χ0n) is 11.8. The van der Waals surface area contributed by atoms with Crippen molar-refractivity contribution in [3.05, 3.63) is 46.6 Å². The number of ether oxygens (including phenoxy) is 1. The molecule has 0 bridgehead atoms. The Labute approximate surface area is 121 Å². The number of anilines is 1. The molecule has 0 unspecified atom stereocenters. The van der Waals surface area contributed by atoms with Gasteiger partial charge in [-0.05, 0) is 24.6 Å². The Morgan fingerprint density at radius 3 is 2.71 bits per heavy atom. The van der Waals surface area contributed by atoms with Gasteiger partial charge in [-0.2, -0.15) is 5.10 Å². The SMILES string of the molecule is COC(=O)c1ccc([C@@H]2CC(=O)Nc3n[nH]c(C)c32)cc1. The van der Waals surface area contributed by atoms with E-state index in [0.29, 0.717) is 17.8 Å². The summed E-state index contributed by atoms with van der Waals surface area (Å²) >= 11 is 0. The highest BCUT2D eigenvalue weighted by molar-refractivity contribution is 5.94. The molecular formula is C15H15N3O3. The average Bonchev–Trinajstić information content (AvgIpc) is 2.87. The first-order valence-electron chi connectivity index (χ1n) is 6.63. The first-order valence-corrected chi connectivity index (χ1v) is 6.63. The van der Waals surface area contributed by atoms with Crippen molar-refractivity contribution in [1.29, 1.82) is 0 Å². The molecule has 2 N–H and O–H groups in total. The summed E-state index contributed by atoms with van der Waals surface area (Å²) in [5, 5.41) is 9.77. The van der Waals surface area contributed by atoms with Gasteiger partial charge >= 0.3 is 5.97 Å². The first kappa shape index (κ1) is 13.4. The van der Waals surface area contributed by atoms with E-state index in [-0.39, 0.29) is 17.8 Å². The number of hydrogen-bond donors (Lipinski definition) is 2. The summed E-state index contributed by atoms with van der Waals surface area (Å²) in [6.45, 7) is 1.93. The zero-order chi connectivity index (χ0) is 15.0. The third kappa shape index (κ3) is 2.29. The third-order valence-electron chi connectivity index (χ3n) is 3.72. The van der Waals surface area contributed by atoms with Gasteiger partial charge in [0.05, 0.1) is 12.7 Å². The second-order valence-corrected chi connectivity index (χ2v) is 5.03. The van der Waals surface area contributed by atoms with Crippen molar-refractivity contribution in [3.8, 4) is 0 Å². The van der Waals surface area contributed by atoms with Gasteiger partial charge in [0.1, 0.15) is 0 Å². The number of amides is 1. The Morgan fingerprint density at radius 2 is 2.05 bits per heavy atom. The number of esters is 1. The second kappa shape index (κ2) is 5.05. The smallest absolute Gasteiger partial charge is 0.337 e. The molecule has 0 saturated heterocycles. The minimum absolute atomic E-state index is 0.0563. The van der Waals surface area contributed by atoms with E-state index >= 15 is 0 Å². The number of benzene rings is 1. The molecule has 21 heavy (non-hydrogen) atoms. The summed E-state index contributed by atoms with van der Waals surface area (Å²) < 4.78 is 4.68. The minimum Gasteiger partial charge on any atom is -0.465 e. The number of aryl methyl sites for hydroxylation is 1. The number of nitrogens with zero attached hydrogens (tertiary/aromatic N) is 1. The van der Waals surface area contributed by atoms with Gasteiger partial charge in [0.2, 0.25) is 5.91 Å². The molecule has 0 fully saturated rings. The lowest BCUT2D eigenvalue weighted by Gasteiger charge is -2.23. The van der Waals surface area contributed by atoms with Crippen LogP contribution in [0.15, 0.2) is 24.3 Å². The molecule has 6 nitrogen and oxygen atoms in total. The highest BCUT2D eigenvalue weighted by Crippen LogP contribution is 2.37. The second-order valence-electron chi connectivity index (χ2n) is 5.03. The molecular weight excluding hydrogens is 270 g/mol. The molecule has 108 valence electrons. The molecule has 2 aromatic rings. The largest absolute Gasteiger partial charge is 0.465 e. The molecule has 6 heteroatoms. The minimum atomic E-state index is -0.372. The third-order valence-corrected chi connectivity index (χ3v) is 3.72. The fourth-order valence-electron chi connectivity index (χ4n) is 2.68. The summed E-state index contributed by atoms with van der Waals surface area (Å²) in [5.74, 6) is 0.101. The number of aromatic nitrogens is 2. The summed E-state index contributed by atoms with van der Waals surface area (Å²) in [7, 11) is 1.35. The summed E-state index contributed by atoms with van der Waals surface area (Å²) in [4.78, 5) is 23.3. The molecule has 0 spiro atoms. The normalized spacial score (nSPS) is 17.0. The van der Waals surface area contributed by atoms with E-state index in [0.717, 1.165) is 16.8 Å². The van der Waals surface area contributed by atoms with Crippen LogP contribution in [0.5, 0.6) is 0 Å². The molecule has 0 aliphatic carbocycles. The number of carbonyl (C=O) groups excluding carboxylic acids is 2. The number of hydrogen-bond acceptors (Lipinski definition) is 4. The lowest BCUT2D eigenvalue weighted by molar-refractivity contribution is -0.116. The van der Waals surface area contributed by atoms with Crippen LogP contribution < -0.4 is 5.32 Å². The number of carbonyl (C=O) groups is 2. The summed E-state index contributed by atoms with van der Waals surface area (Å²) in [6.07, 6.45) is 0.366. The Bertz CT molecular complexity index is 703. The molecule has 3 rings (SSSR count). The van der Waals surface area contributed by atoms with Gasteiger partial charge in [-0.25, -0.2) is 4.79 Å². The number of methoxy groups -OCH3 is 1. The molecule has 1 aromatic carbocycles. The monoisotopic (exact) mass is 285 g/mol. The van der Waals surface area contributed by atoms with Gasteiger partial charge in [0.25, 0.3) is 0 Å². The Morgan fingerprint density at radius 1 is 1.33 bits per heavy atom.